The summed E-state index contributed by atoms with van der Waals surface area (Å²) in [4.78, 5) is 2.41. The normalized spacial score (nSPS) is 25.8. The zero-order chi connectivity index (χ0) is 14.8. The topological polar surface area (TPSA) is 40.6 Å². The minimum absolute atomic E-state index is 0.261. The van der Waals surface area contributed by atoms with Crippen LogP contribution in [0.15, 0.2) is 30.3 Å². The molecule has 1 saturated heterocycles. The summed E-state index contributed by atoms with van der Waals surface area (Å²) in [6.45, 7) is 6.39. The van der Waals surface area contributed by atoms with Gasteiger partial charge in [0.05, 0.1) is 6.26 Å². The van der Waals surface area contributed by atoms with Gasteiger partial charge < -0.3 is 0 Å². The van der Waals surface area contributed by atoms with E-state index in [0.29, 0.717) is 13.1 Å². The van der Waals surface area contributed by atoms with E-state index in [1.54, 1.807) is 4.31 Å². The Labute approximate surface area is 122 Å². The third kappa shape index (κ3) is 3.81. The Morgan fingerprint density at radius 1 is 1.10 bits per heavy atom. The van der Waals surface area contributed by atoms with Crippen molar-refractivity contribution >= 4 is 10.0 Å². The molecule has 1 aromatic carbocycles. The molecule has 0 bridgehead atoms. The summed E-state index contributed by atoms with van der Waals surface area (Å²) in [6.07, 6.45) is 2.31. The highest BCUT2D eigenvalue weighted by molar-refractivity contribution is 7.88. The smallest absolute Gasteiger partial charge is 0.211 e. The van der Waals surface area contributed by atoms with E-state index >= 15 is 0 Å². The molecule has 0 N–H and O–H groups in total. The molecule has 2 rings (SSSR count). The summed E-state index contributed by atoms with van der Waals surface area (Å²) in [5, 5.41) is 0. The standard InChI is InChI=1S/C15H24N2O2S/c1-13-11-16(20(3,18)19)12-14(2)17(13)10-9-15-7-5-4-6-8-15/h4-8,13-14H,9-12H2,1-3H3. The van der Waals surface area contributed by atoms with Gasteiger partial charge in [-0.3, -0.25) is 4.90 Å². The van der Waals surface area contributed by atoms with E-state index in [1.807, 2.05) is 6.07 Å². The van der Waals surface area contributed by atoms with Crippen molar-refractivity contribution in [1.29, 1.82) is 0 Å². The second-order valence-corrected chi connectivity index (χ2v) is 7.73. The predicted molar refractivity (Wildman–Crippen MR) is 82.2 cm³/mol. The fraction of sp³-hybridized carbons (Fsp3) is 0.600. The van der Waals surface area contributed by atoms with Crippen LogP contribution in [0.1, 0.15) is 19.4 Å². The summed E-state index contributed by atoms with van der Waals surface area (Å²) < 4.78 is 24.9. The highest BCUT2D eigenvalue weighted by atomic mass is 32.2. The van der Waals surface area contributed by atoms with Crippen molar-refractivity contribution in [3.8, 4) is 0 Å². The van der Waals surface area contributed by atoms with E-state index in [0.717, 1.165) is 13.0 Å². The van der Waals surface area contributed by atoms with Crippen molar-refractivity contribution in [2.75, 3.05) is 25.9 Å². The lowest BCUT2D eigenvalue weighted by Gasteiger charge is -2.43. The fourth-order valence-electron chi connectivity index (χ4n) is 2.92. The molecule has 1 fully saturated rings. The molecule has 1 heterocycles. The molecule has 5 heteroatoms. The molecule has 1 aliphatic heterocycles. The van der Waals surface area contributed by atoms with Crippen LogP contribution in [0.3, 0.4) is 0 Å². The van der Waals surface area contributed by atoms with Gasteiger partial charge in [0, 0.05) is 31.7 Å². The molecule has 0 saturated carbocycles. The molecule has 2 unspecified atom stereocenters. The molecule has 0 amide bonds. The number of rotatable bonds is 4. The van der Waals surface area contributed by atoms with Crippen LogP contribution in [0.5, 0.6) is 0 Å². The van der Waals surface area contributed by atoms with Crippen molar-refractivity contribution in [3.05, 3.63) is 35.9 Å². The van der Waals surface area contributed by atoms with Crippen molar-refractivity contribution in [2.45, 2.75) is 32.4 Å². The van der Waals surface area contributed by atoms with Crippen LogP contribution in [-0.2, 0) is 16.4 Å². The second kappa shape index (κ2) is 6.24. The van der Waals surface area contributed by atoms with E-state index in [2.05, 4.69) is 43.0 Å². The Morgan fingerprint density at radius 2 is 1.65 bits per heavy atom. The van der Waals surface area contributed by atoms with Gasteiger partial charge >= 0.3 is 0 Å². The largest absolute Gasteiger partial charge is 0.295 e. The first-order valence-corrected chi connectivity index (χ1v) is 8.97. The lowest BCUT2D eigenvalue weighted by atomic mass is 10.1. The molecule has 0 spiro atoms. The molecule has 0 radical (unpaired) electrons. The molecule has 112 valence electrons. The third-order valence-corrected chi connectivity index (χ3v) is 5.27. The third-order valence-electron chi connectivity index (χ3n) is 4.04. The summed E-state index contributed by atoms with van der Waals surface area (Å²) in [5.41, 5.74) is 1.33. The highest BCUT2D eigenvalue weighted by Gasteiger charge is 2.32. The molecule has 1 aromatic rings. The van der Waals surface area contributed by atoms with Gasteiger partial charge in [0.15, 0.2) is 0 Å². The van der Waals surface area contributed by atoms with Gasteiger partial charge in [-0.2, -0.15) is 4.31 Å². The van der Waals surface area contributed by atoms with Crippen molar-refractivity contribution in [3.63, 3.8) is 0 Å². The van der Waals surface area contributed by atoms with Crippen LogP contribution in [0.2, 0.25) is 0 Å². The average Bonchev–Trinajstić information content (AvgIpc) is 2.37. The Kier molecular flexibility index (Phi) is 4.83. The van der Waals surface area contributed by atoms with Crippen molar-refractivity contribution in [1.82, 2.24) is 9.21 Å². The van der Waals surface area contributed by atoms with E-state index < -0.39 is 10.0 Å². The van der Waals surface area contributed by atoms with Gasteiger partial charge in [-0.25, -0.2) is 8.42 Å². The van der Waals surface area contributed by atoms with Crippen LogP contribution < -0.4 is 0 Å². The van der Waals surface area contributed by atoms with Gasteiger partial charge in [-0.1, -0.05) is 30.3 Å². The first-order valence-electron chi connectivity index (χ1n) is 7.12. The number of piperazine rings is 1. The predicted octanol–water partition coefficient (Wildman–Crippen LogP) is 1.58. The molecular formula is C15H24N2O2S. The number of hydrogen-bond donors (Lipinski definition) is 0. The maximum absolute atomic E-state index is 11.7. The minimum atomic E-state index is -3.08. The highest BCUT2D eigenvalue weighted by Crippen LogP contribution is 2.18. The fourth-order valence-corrected chi connectivity index (χ4v) is 3.90. The Hall–Kier alpha value is -0.910. The van der Waals surface area contributed by atoms with E-state index in [-0.39, 0.29) is 12.1 Å². The van der Waals surface area contributed by atoms with Crippen LogP contribution in [0.25, 0.3) is 0 Å². The van der Waals surface area contributed by atoms with Gasteiger partial charge in [-0.05, 0) is 25.8 Å². The summed E-state index contributed by atoms with van der Waals surface area (Å²) in [7, 11) is -3.08. The van der Waals surface area contributed by atoms with Crippen LogP contribution in [0.4, 0.5) is 0 Å². The molecular weight excluding hydrogens is 272 g/mol. The Balaban J connectivity index is 1.96. The minimum Gasteiger partial charge on any atom is -0.295 e. The lowest BCUT2D eigenvalue weighted by Crippen LogP contribution is -2.58. The van der Waals surface area contributed by atoms with Crippen LogP contribution in [-0.4, -0.2) is 55.6 Å². The van der Waals surface area contributed by atoms with E-state index in [1.165, 1.54) is 11.8 Å². The number of nitrogens with zero attached hydrogens (tertiary/aromatic N) is 2. The van der Waals surface area contributed by atoms with Gasteiger partial charge in [-0.15, -0.1) is 0 Å². The molecule has 1 aliphatic rings. The Bertz CT molecular complexity index is 518. The zero-order valence-corrected chi connectivity index (χ0v) is 13.3. The van der Waals surface area contributed by atoms with Gasteiger partial charge in [0.1, 0.15) is 0 Å². The van der Waals surface area contributed by atoms with Crippen LogP contribution >= 0.6 is 0 Å². The van der Waals surface area contributed by atoms with Gasteiger partial charge in [0.25, 0.3) is 0 Å². The molecule has 20 heavy (non-hydrogen) atoms. The van der Waals surface area contributed by atoms with E-state index in [4.69, 9.17) is 0 Å². The Morgan fingerprint density at radius 3 is 2.15 bits per heavy atom. The lowest BCUT2D eigenvalue weighted by molar-refractivity contribution is 0.0787. The summed E-state index contributed by atoms with van der Waals surface area (Å²) >= 11 is 0. The van der Waals surface area contributed by atoms with Crippen LogP contribution in [0, 0.1) is 0 Å². The second-order valence-electron chi connectivity index (χ2n) is 5.75. The first-order chi connectivity index (χ1) is 9.38. The number of benzene rings is 1. The van der Waals surface area contributed by atoms with Crippen molar-refractivity contribution in [2.24, 2.45) is 0 Å². The van der Waals surface area contributed by atoms with Crippen molar-refractivity contribution < 1.29 is 8.42 Å². The number of sulfonamides is 1. The van der Waals surface area contributed by atoms with Gasteiger partial charge in [0.2, 0.25) is 10.0 Å². The maximum atomic E-state index is 11.7. The summed E-state index contributed by atoms with van der Waals surface area (Å²) in [6, 6.07) is 11.0. The number of hydrogen-bond acceptors (Lipinski definition) is 3. The monoisotopic (exact) mass is 296 g/mol. The molecule has 2 atom stereocenters. The average molecular weight is 296 g/mol. The SMILES string of the molecule is CC1CN(S(C)(=O)=O)CC(C)N1CCc1ccccc1. The zero-order valence-electron chi connectivity index (χ0n) is 12.5. The first kappa shape index (κ1) is 15.5. The summed E-state index contributed by atoms with van der Waals surface area (Å²) in [5.74, 6) is 0. The molecule has 4 nitrogen and oxygen atoms in total. The molecule has 0 aliphatic carbocycles. The van der Waals surface area contributed by atoms with E-state index in [9.17, 15) is 8.42 Å². The quantitative estimate of drug-likeness (QED) is 0.847. The molecule has 0 aromatic heterocycles. The maximum Gasteiger partial charge on any atom is 0.211 e.